The standard InChI is InChI=1S/C11H13ClO3/c1-2-3-8-14-9-4-6-10(7-5-9)15-11(12)13/h4-7H,2-3,8H2,1H3. The lowest BCUT2D eigenvalue weighted by Gasteiger charge is -2.05. The summed E-state index contributed by atoms with van der Waals surface area (Å²) in [6.45, 7) is 2.80. The number of carbonyl (C=O) groups excluding carboxylic acids is 1. The van der Waals surface area contributed by atoms with E-state index in [0.717, 1.165) is 18.6 Å². The molecule has 0 radical (unpaired) electrons. The number of hydrogen-bond donors (Lipinski definition) is 0. The predicted octanol–water partition coefficient (Wildman–Crippen LogP) is 3.60. The molecule has 0 aromatic heterocycles. The Kier molecular flexibility index (Phi) is 4.98. The lowest BCUT2D eigenvalue weighted by Crippen LogP contribution is -1.98. The number of hydrogen-bond acceptors (Lipinski definition) is 3. The number of carbonyl (C=O) groups is 1. The van der Waals surface area contributed by atoms with Gasteiger partial charge in [0.05, 0.1) is 6.61 Å². The van der Waals surface area contributed by atoms with Crippen molar-refractivity contribution >= 4 is 17.0 Å². The summed E-state index contributed by atoms with van der Waals surface area (Å²) in [6.07, 6.45) is 2.13. The quantitative estimate of drug-likeness (QED) is 0.571. The second-order valence-electron chi connectivity index (χ2n) is 3.01. The Hall–Kier alpha value is -1.22. The van der Waals surface area contributed by atoms with E-state index in [2.05, 4.69) is 11.7 Å². The van der Waals surface area contributed by atoms with Crippen LogP contribution in [0.4, 0.5) is 4.79 Å². The summed E-state index contributed by atoms with van der Waals surface area (Å²) in [5.74, 6) is 1.18. The minimum atomic E-state index is -0.838. The Morgan fingerprint density at radius 1 is 1.27 bits per heavy atom. The van der Waals surface area contributed by atoms with Gasteiger partial charge in [-0.3, -0.25) is 0 Å². The van der Waals surface area contributed by atoms with Gasteiger partial charge in [-0.15, -0.1) is 0 Å². The molecule has 1 aromatic rings. The average molecular weight is 229 g/mol. The molecule has 0 N–H and O–H groups in total. The van der Waals surface area contributed by atoms with Gasteiger partial charge in [0, 0.05) is 11.6 Å². The van der Waals surface area contributed by atoms with Crippen molar-refractivity contribution in [1.82, 2.24) is 0 Å². The highest BCUT2D eigenvalue weighted by Crippen LogP contribution is 2.18. The first-order valence-corrected chi connectivity index (χ1v) is 5.20. The largest absolute Gasteiger partial charge is 0.494 e. The first-order chi connectivity index (χ1) is 7.22. The number of benzene rings is 1. The zero-order chi connectivity index (χ0) is 11.1. The Balaban J connectivity index is 2.45. The maximum Gasteiger partial charge on any atom is 0.409 e. The minimum Gasteiger partial charge on any atom is -0.494 e. The van der Waals surface area contributed by atoms with Crippen LogP contribution in [0.25, 0.3) is 0 Å². The van der Waals surface area contributed by atoms with Gasteiger partial charge in [0.2, 0.25) is 0 Å². The fraction of sp³-hybridized carbons (Fsp3) is 0.364. The van der Waals surface area contributed by atoms with Crippen molar-refractivity contribution in [2.24, 2.45) is 0 Å². The molecule has 0 saturated heterocycles. The maximum absolute atomic E-state index is 10.4. The van der Waals surface area contributed by atoms with Crippen molar-refractivity contribution in [2.45, 2.75) is 19.8 Å². The summed E-state index contributed by atoms with van der Waals surface area (Å²) < 4.78 is 10.1. The smallest absolute Gasteiger partial charge is 0.409 e. The molecule has 0 saturated carbocycles. The molecule has 3 nitrogen and oxygen atoms in total. The molecule has 0 spiro atoms. The van der Waals surface area contributed by atoms with E-state index in [0.29, 0.717) is 12.4 Å². The molecule has 0 aliphatic heterocycles. The molecule has 0 bridgehead atoms. The molecule has 15 heavy (non-hydrogen) atoms. The number of unbranched alkanes of at least 4 members (excludes halogenated alkanes) is 1. The molecule has 82 valence electrons. The Morgan fingerprint density at radius 3 is 2.40 bits per heavy atom. The van der Waals surface area contributed by atoms with Crippen LogP contribution in [0.5, 0.6) is 11.5 Å². The van der Waals surface area contributed by atoms with Gasteiger partial charge in [-0.2, -0.15) is 0 Å². The van der Waals surface area contributed by atoms with Crippen molar-refractivity contribution in [3.63, 3.8) is 0 Å². The van der Waals surface area contributed by atoms with Gasteiger partial charge in [-0.05, 0) is 30.7 Å². The molecule has 4 heteroatoms. The highest BCUT2D eigenvalue weighted by molar-refractivity contribution is 6.61. The van der Waals surface area contributed by atoms with E-state index in [-0.39, 0.29) is 0 Å². The van der Waals surface area contributed by atoms with Gasteiger partial charge < -0.3 is 9.47 Å². The molecule has 1 aromatic carbocycles. The van der Waals surface area contributed by atoms with Crippen molar-refractivity contribution in [1.29, 1.82) is 0 Å². The van der Waals surface area contributed by atoms with Crippen LogP contribution in [0.2, 0.25) is 0 Å². The van der Waals surface area contributed by atoms with E-state index in [4.69, 9.17) is 16.3 Å². The number of ether oxygens (including phenoxy) is 2. The monoisotopic (exact) mass is 228 g/mol. The molecule has 0 amide bonds. The van der Waals surface area contributed by atoms with E-state index in [1.165, 1.54) is 0 Å². The van der Waals surface area contributed by atoms with Crippen molar-refractivity contribution in [3.8, 4) is 11.5 Å². The third-order valence-corrected chi connectivity index (χ3v) is 1.87. The molecular weight excluding hydrogens is 216 g/mol. The van der Waals surface area contributed by atoms with Crippen LogP contribution in [-0.2, 0) is 0 Å². The normalized spacial score (nSPS) is 9.73. The molecular formula is C11H13ClO3. The molecule has 0 fully saturated rings. The van der Waals surface area contributed by atoms with E-state index in [9.17, 15) is 4.79 Å². The molecule has 0 atom stereocenters. The van der Waals surface area contributed by atoms with Crippen LogP contribution in [0.1, 0.15) is 19.8 Å². The van der Waals surface area contributed by atoms with E-state index >= 15 is 0 Å². The van der Waals surface area contributed by atoms with Crippen LogP contribution in [0.15, 0.2) is 24.3 Å². The summed E-state index contributed by atoms with van der Waals surface area (Å²) in [6, 6.07) is 6.76. The van der Waals surface area contributed by atoms with Gasteiger partial charge in [-0.25, -0.2) is 4.79 Å². The van der Waals surface area contributed by atoms with Gasteiger partial charge in [0.1, 0.15) is 11.5 Å². The Labute approximate surface area is 93.9 Å². The summed E-state index contributed by atoms with van der Waals surface area (Å²) in [7, 11) is 0. The fourth-order valence-corrected chi connectivity index (χ4v) is 1.12. The van der Waals surface area contributed by atoms with Gasteiger partial charge in [-0.1, -0.05) is 13.3 Å². The fourth-order valence-electron chi connectivity index (χ4n) is 1.03. The zero-order valence-corrected chi connectivity index (χ0v) is 9.29. The van der Waals surface area contributed by atoms with Gasteiger partial charge in [0.25, 0.3) is 0 Å². The van der Waals surface area contributed by atoms with Crippen molar-refractivity contribution in [3.05, 3.63) is 24.3 Å². The van der Waals surface area contributed by atoms with Crippen LogP contribution in [0, 0.1) is 0 Å². The lowest BCUT2D eigenvalue weighted by molar-refractivity contribution is 0.225. The van der Waals surface area contributed by atoms with Crippen molar-refractivity contribution in [2.75, 3.05) is 6.61 Å². The van der Waals surface area contributed by atoms with Gasteiger partial charge in [0.15, 0.2) is 0 Å². The van der Waals surface area contributed by atoms with Crippen molar-refractivity contribution < 1.29 is 14.3 Å². The Bertz CT molecular complexity index is 308. The molecule has 0 aliphatic rings. The van der Waals surface area contributed by atoms with E-state index < -0.39 is 5.43 Å². The predicted molar refractivity (Wildman–Crippen MR) is 58.7 cm³/mol. The number of rotatable bonds is 5. The zero-order valence-electron chi connectivity index (χ0n) is 8.53. The summed E-state index contributed by atoms with van der Waals surface area (Å²) in [5.41, 5.74) is -0.838. The second-order valence-corrected chi connectivity index (χ2v) is 3.32. The topological polar surface area (TPSA) is 35.5 Å². The first kappa shape index (κ1) is 11.9. The number of halogens is 1. The summed E-state index contributed by atoms with van der Waals surface area (Å²) >= 11 is 5.06. The highest BCUT2D eigenvalue weighted by Gasteiger charge is 2.00. The van der Waals surface area contributed by atoms with Gasteiger partial charge >= 0.3 is 5.43 Å². The molecule has 0 heterocycles. The SMILES string of the molecule is CCCCOc1ccc(OC(=O)Cl)cc1. The maximum atomic E-state index is 10.4. The summed E-state index contributed by atoms with van der Waals surface area (Å²) in [4.78, 5) is 10.4. The summed E-state index contributed by atoms with van der Waals surface area (Å²) in [5, 5.41) is 0. The van der Waals surface area contributed by atoms with Crippen LogP contribution < -0.4 is 9.47 Å². The first-order valence-electron chi connectivity index (χ1n) is 4.82. The third-order valence-electron chi connectivity index (χ3n) is 1.79. The molecule has 1 rings (SSSR count). The van der Waals surface area contributed by atoms with Crippen LogP contribution in [-0.4, -0.2) is 12.0 Å². The Morgan fingerprint density at radius 2 is 1.87 bits per heavy atom. The average Bonchev–Trinajstić information content (AvgIpc) is 2.20. The minimum absolute atomic E-state index is 0.415. The molecule has 0 unspecified atom stereocenters. The highest BCUT2D eigenvalue weighted by atomic mass is 35.5. The van der Waals surface area contributed by atoms with Crippen LogP contribution in [0.3, 0.4) is 0 Å². The van der Waals surface area contributed by atoms with Crippen LogP contribution >= 0.6 is 11.6 Å². The van der Waals surface area contributed by atoms with E-state index in [1.54, 1.807) is 24.3 Å². The second kappa shape index (κ2) is 6.30. The third kappa shape index (κ3) is 4.70. The van der Waals surface area contributed by atoms with E-state index in [1.807, 2.05) is 0 Å². The molecule has 0 aliphatic carbocycles. The lowest BCUT2D eigenvalue weighted by atomic mass is 10.3.